The average molecular weight is 339 g/mol. The molecule has 0 radical (unpaired) electrons. The third kappa shape index (κ3) is 2.82. The second kappa shape index (κ2) is 6.52. The van der Waals surface area contributed by atoms with Crippen molar-refractivity contribution < 1.29 is 4.74 Å². The number of aromatic amines is 1. The molecular weight excluding hydrogens is 322 g/mol. The zero-order valence-electron chi connectivity index (χ0n) is 13.2. The summed E-state index contributed by atoms with van der Waals surface area (Å²) in [5, 5.41) is 12.7. The molecule has 1 aliphatic heterocycles. The normalized spacial score (nSPS) is 15.6. The van der Waals surface area contributed by atoms with Gasteiger partial charge in [-0.05, 0) is 24.6 Å². The van der Waals surface area contributed by atoms with Crippen LogP contribution in [0.15, 0.2) is 47.8 Å². The molecule has 0 fully saturated rings. The van der Waals surface area contributed by atoms with Crippen LogP contribution in [0.2, 0.25) is 0 Å². The summed E-state index contributed by atoms with van der Waals surface area (Å²) in [7, 11) is 0. The summed E-state index contributed by atoms with van der Waals surface area (Å²) in [6.07, 6.45) is 2.57. The highest BCUT2D eigenvalue weighted by atomic mass is 32.2. The lowest BCUT2D eigenvalue weighted by Gasteiger charge is -2.17. The number of H-pyrrole nitrogens is 1. The van der Waals surface area contributed by atoms with E-state index in [1.165, 1.54) is 0 Å². The van der Waals surface area contributed by atoms with Gasteiger partial charge in [-0.25, -0.2) is 0 Å². The number of ether oxygens (including phenoxy) is 1. The van der Waals surface area contributed by atoms with E-state index >= 15 is 0 Å². The number of thioether (sulfide) groups is 1. The highest BCUT2D eigenvalue weighted by molar-refractivity contribution is 7.99. The third-order valence-corrected chi connectivity index (χ3v) is 4.72. The fourth-order valence-electron chi connectivity index (χ4n) is 2.55. The number of rotatable bonds is 4. The molecule has 0 aliphatic carbocycles. The minimum Gasteiger partial charge on any atom is -0.446 e. The van der Waals surface area contributed by atoms with E-state index in [1.807, 2.05) is 42.6 Å². The minimum atomic E-state index is -0.358. The Kier molecular flexibility index (Phi) is 4.08. The fraction of sp³-hybridized carbons (Fsp3) is 0.235. The summed E-state index contributed by atoms with van der Waals surface area (Å²) >= 11 is 1.59. The molecule has 0 amide bonds. The topological polar surface area (TPSA) is 75.7 Å². The SMILES string of the molecule is CCCSc1nnc2c(n1)O[C@H](c1ccc[nH]1)Nc1ccccc1-2. The average Bonchev–Trinajstić information content (AvgIpc) is 3.09. The van der Waals surface area contributed by atoms with Crippen LogP contribution in [0.3, 0.4) is 0 Å². The van der Waals surface area contributed by atoms with Gasteiger partial charge in [-0.15, -0.1) is 10.2 Å². The highest BCUT2D eigenvalue weighted by Crippen LogP contribution is 2.39. The van der Waals surface area contributed by atoms with Crippen molar-refractivity contribution in [3.05, 3.63) is 48.3 Å². The van der Waals surface area contributed by atoms with Gasteiger partial charge in [0.1, 0.15) is 0 Å². The number of benzene rings is 1. The Labute approximate surface area is 144 Å². The molecule has 2 aromatic heterocycles. The van der Waals surface area contributed by atoms with Gasteiger partial charge in [-0.3, -0.25) is 0 Å². The van der Waals surface area contributed by atoms with Crippen LogP contribution in [0.4, 0.5) is 5.69 Å². The molecule has 0 saturated carbocycles. The van der Waals surface area contributed by atoms with Gasteiger partial charge < -0.3 is 15.0 Å². The Morgan fingerprint density at radius 1 is 1.17 bits per heavy atom. The first kappa shape index (κ1) is 15.0. The molecule has 0 unspecified atom stereocenters. The van der Waals surface area contributed by atoms with E-state index < -0.39 is 0 Å². The van der Waals surface area contributed by atoms with Gasteiger partial charge in [0, 0.05) is 23.2 Å². The molecule has 6 nitrogen and oxygen atoms in total. The molecular formula is C17H17N5OS. The van der Waals surface area contributed by atoms with Gasteiger partial charge >= 0.3 is 0 Å². The highest BCUT2D eigenvalue weighted by Gasteiger charge is 2.26. The van der Waals surface area contributed by atoms with Crippen LogP contribution < -0.4 is 10.1 Å². The first-order chi connectivity index (χ1) is 11.8. The first-order valence-corrected chi connectivity index (χ1v) is 8.87. The number of hydrogen-bond donors (Lipinski definition) is 2. The van der Waals surface area contributed by atoms with Crippen LogP contribution >= 0.6 is 11.8 Å². The Morgan fingerprint density at radius 3 is 2.92 bits per heavy atom. The number of nitrogens with one attached hydrogen (secondary N) is 2. The van der Waals surface area contributed by atoms with Crippen molar-refractivity contribution in [1.82, 2.24) is 20.2 Å². The number of aromatic nitrogens is 4. The Balaban J connectivity index is 1.79. The van der Waals surface area contributed by atoms with Crippen LogP contribution in [-0.4, -0.2) is 25.9 Å². The summed E-state index contributed by atoms with van der Waals surface area (Å²) in [6, 6.07) is 11.9. The van der Waals surface area contributed by atoms with Crippen molar-refractivity contribution in [2.24, 2.45) is 0 Å². The molecule has 2 N–H and O–H groups in total. The molecule has 0 bridgehead atoms. The van der Waals surface area contributed by atoms with Crippen LogP contribution in [-0.2, 0) is 0 Å². The van der Waals surface area contributed by atoms with Gasteiger partial charge in [0.25, 0.3) is 0 Å². The van der Waals surface area contributed by atoms with Gasteiger partial charge in [0.15, 0.2) is 5.69 Å². The number of nitrogens with zero attached hydrogens (tertiary/aromatic N) is 3. The van der Waals surface area contributed by atoms with E-state index in [0.717, 1.165) is 29.1 Å². The molecule has 1 atom stereocenters. The zero-order valence-corrected chi connectivity index (χ0v) is 14.0. The zero-order chi connectivity index (χ0) is 16.4. The van der Waals surface area contributed by atoms with Gasteiger partial charge in [0.05, 0.1) is 5.69 Å². The van der Waals surface area contributed by atoms with Crippen molar-refractivity contribution in [2.45, 2.75) is 24.7 Å². The third-order valence-electron chi connectivity index (χ3n) is 3.67. The molecule has 7 heteroatoms. The van der Waals surface area contributed by atoms with Crippen molar-refractivity contribution in [2.75, 3.05) is 11.1 Å². The van der Waals surface area contributed by atoms with Crippen molar-refractivity contribution in [1.29, 1.82) is 0 Å². The van der Waals surface area contributed by atoms with Gasteiger partial charge in [0.2, 0.25) is 17.3 Å². The molecule has 0 spiro atoms. The monoisotopic (exact) mass is 339 g/mol. The number of hydrogen-bond acceptors (Lipinski definition) is 6. The van der Waals surface area contributed by atoms with E-state index in [4.69, 9.17) is 4.74 Å². The number of anilines is 1. The molecule has 3 heterocycles. The quantitative estimate of drug-likeness (QED) is 0.703. The van der Waals surface area contributed by atoms with E-state index in [0.29, 0.717) is 16.7 Å². The summed E-state index contributed by atoms with van der Waals surface area (Å²) in [5.74, 6) is 1.45. The Hall–Kier alpha value is -2.54. The van der Waals surface area contributed by atoms with Gasteiger partial charge in [-0.2, -0.15) is 4.98 Å². The minimum absolute atomic E-state index is 0.358. The molecule has 122 valence electrons. The lowest BCUT2D eigenvalue weighted by atomic mass is 10.1. The fourth-order valence-corrected chi connectivity index (χ4v) is 3.18. The number of para-hydroxylation sites is 1. The maximum atomic E-state index is 6.14. The van der Waals surface area contributed by atoms with E-state index in [1.54, 1.807) is 11.8 Å². The largest absolute Gasteiger partial charge is 0.446 e. The van der Waals surface area contributed by atoms with Crippen molar-refractivity contribution in [3.8, 4) is 17.1 Å². The molecule has 1 aliphatic rings. The van der Waals surface area contributed by atoms with Gasteiger partial charge in [-0.1, -0.05) is 36.9 Å². The van der Waals surface area contributed by atoms with Crippen LogP contribution in [0, 0.1) is 0 Å². The predicted molar refractivity (Wildman–Crippen MR) is 94.1 cm³/mol. The van der Waals surface area contributed by atoms with Crippen molar-refractivity contribution >= 4 is 17.4 Å². The predicted octanol–water partition coefficient (Wildman–Crippen LogP) is 3.87. The summed E-state index contributed by atoms with van der Waals surface area (Å²) in [6.45, 7) is 2.13. The summed E-state index contributed by atoms with van der Waals surface area (Å²) in [5.41, 5.74) is 3.47. The molecule has 4 rings (SSSR count). The lowest BCUT2D eigenvalue weighted by molar-refractivity contribution is 0.221. The lowest BCUT2D eigenvalue weighted by Crippen LogP contribution is -2.17. The molecule has 24 heavy (non-hydrogen) atoms. The molecule has 1 aromatic carbocycles. The van der Waals surface area contributed by atoms with E-state index in [9.17, 15) is 0 Å². The molecule has 0 saturated heterocycles. The van der Waals surface area contributed by atoms with Crippen LogP contribution in [0.1, 0.15) is 25.3 Å². The Morgan fingerprint density at radius 2 is 2.08 bits per heavy atom. The standard InChI is InChI=1S/C17H17N5OS/c1-2-10-24-17-20-16-14(21-22-17)11-6-3-4-7-12(11)19-15(23-16)13-8-5-9-18-13/h3-9,15,18-19H,2,10H2,1H3/t15-/m1/s1. The second-order valence-electron chi connectivity index (χ2n) is 5.41. The first-order valence-electron chi connectivity index (χ1n) is 7.88. The van der Waals surface area contributed by atoms with E-state index in [2.05, 4.69) is 32.4 Å². The smallest absolute Gasteiger partial charge is 0.247 e. The van der Waals surface area contributed by atoms with Crippen molar-refractivity contribution in [3.63, 3.8) is 0 Å². The summed E-state index contributed by atoms with van der Waals surface area (Å²) < 4.78 is 6.14. The molecule has 3 aromatic rings. The van der Waals surface area contributed by atoms with Crippen LogP contribution in [0.5, 0.6) is 5.88 Å². The maximum Gasteiger partial charge on any atom is 0.247 e. The maximum absolute atomic E-state index is 6.14. The van der Waals surface area contributed by atoms with Crippen LogP contribution in [0.25, 0.3) is 11.3 Å². The second-order valence-corrected chi connectivity index (χ2v) is 6.47. The summed E-state index contributed by atoms with van der Waals surface area (Å²) in [4.78, 5) is 7.77. The Bertz CT molecular complexity index is 837. The van der Waals surface area contributed by atoms with E-state index in [-0.39, 0.29) is 6.23 Å². The number of fused-ring (bicyclic) bond motifs is 3.